The monoisotopic (exact) mass is 499 g/mol. The molecule has 0 spiro atoms. The zero-order valence-electron chi connectivity index (χ0n) is 18.9. The van der Waals surface area contributed by atoms with Gasteiger partial charge in [0.1, 0.15) is 21.7 Å². The van der Waals surface area contributed by atoms with Crippen LogP contribution in [-0.4, -0.2) is 47.2 Å². The van der Waals surface area contributed by atoms with Crippen LogP contribution in [0.1, 0.15) is 40.6 Å². The minimum absolute atomic E-state index is 0.0777. The van der Waals surface area contributed by atoms with Gasteiger partial charge in [0.05, 0.1) is 31.9 Å². The number of thiophene rings is 1. The molecule has 3 aromatic rings. The topological polar surface area (TPSA) is 125 Å². The van der Waals surface area contributed by atoms with Crippen LogP contribution in [0.15, 0.2) is 29.4 Å². The van der Waals surface area contributed by atoms with Crippen LogP contribution >= 0.6 is 23.1 Å². The molecular weight excluding hydrogens is 474 g/mol. The molecule has 1 saturated heterocycles. The lowest BCUT2D eigenvalue weighted by molar-refractivity contribution is 0.0531. The summed E-state index contributed by atoms with van der Waals surface area (Å²) < 4.78 is 18.3. The average Bonchev–Trinajstić information content (AvgIpc) is 3.57. The molecule has 11 heteroatoms. The predicted octanol–water partition coefficient (Wildman–Crippen LogP) is 4.12. The van der Waals surface area contributed by atoms with Crippen molar-refractivity contribution in [2.75, 3.05) is 26.1 Å². The second kappa shape index (κ2) is 10.9. The first-order valence-electron chi connectivity index (χ1n) is 10.9. The number of esters is 1. The fourth-order valence-electron chi connectivity index (χ4n) is 3.75. The number of thioether (sulfide) groups is 1. The first-order chi connectivity index (χ1) is 16.5. The molecule has 34 heavy (non-hydrogen) atoms. The molecule has 1 fully saturated rings. The van der Waals surface area contributed by atoms with Gasteiger partial charge in [-0.15, -0.1) is 21.5 Å². The standard InChI is InChI=1S/C23H25N5O4S2/c1-3-31-22(29)19-18(17(11-24)20(25)34-19)13-33-23-27-26-21(14-6-8-15(30-2)9-7-14)28(23)12-16-5-4-10-32-16/h6-9,16H,3-5,10,12-13,25H2,1-2H3. The summed E-state index contributed by atoms with van der Waals surface area (Å²) in [6.45, 7) is 3.34. The number of hydrogen-bond acceptors (Lipinski definition) is 10. The highest BCUT2D eigenvalue weighted by molar-refractivity contribution is 7.98. The Kier molecular flexibility index (Phi) is 7.72. The van der Waals surface area contributed by atoms with Crippen LogP contribution in [0.5, 0.6) is 5.75 Å². The molecule has 4 rings (SSSR count). The number of rotatable bonds is 9. The summed E-state index contributed by atoms with van der Waals surface area (Å²) in [5, 5.41) is 19.5. The van der Waals surface area contributed by atoms with Crippen LogP contribution in [0.25, 0.3) is 11.4 Å². The van der Waals surface area contributed by atoms with Crippen LogP contribution in [0.3, 0.4) is 0 Å². The maximum Gasteiger partial charge on any atom is 0.348 e. The number of anilines is 1. The van der Waals surface area contributed by atoms with Crippen molar-refractivity contribution in [3.63, 3.8) is 0 Å². The SMILES string of the molecule is CCOC(=O)c1sc(N)c(C#N)c1CSc1nnc(-c2ccc(OC)cc2)n1CC1CCCO1. The highest BCUT2D eigenvalue weighted by Gasteiger charge is 2.25. The van der Waals surface area contributed by atoms with E-state index in [0.717, 1.165) is 47.9 Å². The molecule has 1 atom stereocenters. The summed E-state index contributed by atoms with van der Waals surface area (Å²) in [7, 11) is 1.63. The lowest BCUT2D eigenvalue weighted by Gasteiger charge is -2.15. The van der Waals surface area contributed by atoms with Crippen LogP contribution in [0, 0.1) is 11.3 Å². The van der Waals surface area contributed by atoms with Gasteiger partial charge >= 0.3 is 5.97 Å². The zero-order valence-corrected chi connectivity index (χ0v) is 20.6. The van der Waals surface area contributed by atoms with E-state index in [1.165, 1.54) is 11.8 Å². The summed E-state index contributed by atoms with van der Waals surface area (Å²) in [6.07, 6.45) is 2.07. The normalized spacial score (nSPS) is 15.3. The number of methoxy groups -OCH3 is 1. The van der Waals surface area contributed by atoms with Gasteiger partial charge in [0.15, 0.2) is 11.0 Å². The second-order valence-corrected chi connectivity index (χ2v) is 9.54. The molecule has 178 valence electrons. The average molecular weight is 500 g/mol. The van der Waals surface area contributed by atoms with Crippen molar-refractivity contribution in [2.45, 2.75) is 43.3 Å². The van der Waals surface area contributed by atoms with Crippen LogP contribution in [0.2, 0.25) is 0 Å². The van der Waals surface area contributed by atoms with Gasteiger partial charge in [-0.2, -0.15) is 5.26 Å². The smallest absolute Gasteiger partial charge is 0.348 e. The lowest BCUT2D eigenvalue weighted by atomic mass is 10.2. The molecule has 1 unspecified atom stereocenters. The maximum absolute atomic E-state index is 12.5. The Morgan fingerprint density at radius 1 is 1.38 bits per heavy atom. The van der Waals surface area contributed by atoms with Crippen molar-refractivity contribution >= 4 is 34.1 Å². The van der Waals surface area contributed by atoms with Crippen molar-refractivity contribution in [3.8, 4) is 23.2 Å². The summed E-state index contributed by atoms with van der Waals surface area (Å²) in [4.78, 5) is 12.8. The first-order valence-corrected chi connectivity index (χ1v) is 12.7. The minimum Gasteiger partial charge on any atom is -0.497 e. The molecule has 1 aliphatic rings. The Morgan fingerprint density at radius 3 is 2.82 bits per heavy atom. The number of ether oxygens (including phenoxy) is 3. The number of nitrogen functional groups attached to an aromatic ring is 1. The summed E-state index contributed by atoms with van der Waals surface area (Å²) in [6, 6.07) is 9.76. The van der Waals surface area contributed by atoms with Gasteiger partial charge in [0.25, 0.3) is 0 Å². The highest BCUT2D eigenvalue weighted by Crippen LogP contribution is 2.36. The van der Waals surface area contributed by atoms with Crippen LogP contribution < -0.4 is 10.5 Å². The number of carbonyl (C=O) groups excluding carboxylic acids is 1. The van der Waals surface area contributed by atoms with Gasteiger partial charge in [0.2, 0.25) is 0 Å². The molecule has 2 N–H and O–H groups in total. The molecule has 0 amide bonds. The molecule has 9 nitrogen and oxygen atoms in total. The van der Waals surface area contributed by atoms with Gasteiger partial charge in [0, 0.05) is 23.5 Å². The Balaban J connectivity index is 1.65. The molecule has 1 aromatic carbocycles. The number of aromatic nitrogens is 3. The fourth-order valence-corrected chi connectivity index (χ4v) is 5.75. The van der Waals surface area contributed by atoms with Crippen molar-refractivity contribution in [1.29, 1.82) is 5.26 Å². The molecule has 2 aromatic heterocycles. The molecule has 0 aliphatic carbocycles. The Hall–Kier alpha value is -3.07. The number of benzene rings is 1. The van der Waals surface area contributed by atoms with E-state index >= 15 is 0 Å². The lowest BCUT2D eigenvalue weighted by Crippen LogP contribution is -2.16. The number of nitriles is 1. The third-order valence-electron chi connectivity index (χ3n) is 5.43. The summed E-state index contributed by atoms with van der Waals surface area (Å²) in [5.74, 6) is 1.33. The number of hydrogen-bond donors (Lipinski definition) is 1. The molecular formula is C23H25N5O4S2. The van der Waals surface area contributed by atoms with Crippen LogP contribution in [-0.2, 0) is 21.8 Å². The van der Waals surface area contributed by atoms with Gasteiger partial charge in [-0.3, -0.25) is 4.57 Å². The van der Waals surface area contributed by atoms with Gasteiger partial charge in [-0.05, 0) is 44.0 Å². The van der Waals surface area contributed by atoms with Gasteiger partial charge < -0.3 is 19.9 Å². The highest BCUT2D eigenvalue weighted by atomic mass is 32.2. The summed E-state index contributed by atoms with van der Waals surface area (Å²) >= 11 is 2.48. The molecule has 0 saturated carbocycles. The van der Waals surface area contributed by atoms with E-state index in [-0.39, 0.29) is 12.7 Å². The van der Waals surface area contributed by atoms with Crippen molar-refractivity contribution in [2.24, 2.45) is 0 Å². The second-order valence-electron chi connectivity index (χ2n) is 7.55. The zero-order chi connectivity index (χ0) is 24.1. The minimum atomic E-state index is -0.476. The van der Waals surface area contributed by atoms with E-state index in [1.54, 1.807) is 14.0 Å². The largest absolute Gasteiger partial charge is 0.497 e. The molecule has 0 bridgehead atoms. The van der Waals surface area contributed by atoms with E-state index in [9.17, 15) is 10.1 Å². The third kappa shape index (κ3) is 5.04. The Labute approximate surface area is 205 Å². The third-order valence-corrected chi connectivity index (χ3v) is 7.46. The van der Waals surface area contributed by atoms with Crippen molar-refractivity contribution in [3.05, 3.63) is 40.3 Å². The Morgan fingerprint density at radius 2 is 2.18 bits per heavy atom. The van der Waals surface area contributed by atoms with E-state index in [2.05, 4.69) is 16.3 Å². The van der Waals surface area contributed by atoms with Crippen LogP contribution in [0.4, 0.5) is 5.00 Å². The number of nitrogens with zero attached hydrogens (tertiary/aromatic N) is 4. The van der Waals surface area contributed by atoms with Crippen molar-refractivity contribution in [1.82, 2.24) is 14.8 Å². The van der Waals surface area contributed by atoms with E-state index in [4.69, 9.17) is 19.9 Å². The number of nitrogens with two attached hydrogens (primary N) is 1. The molecule has 1 aliphatic heterocycles. The quantitative estimate of drug-likeness (QED) is 0.342. The summed E-state index contributed by atoms with van der Waals surface area (Å²) in [5.41, 5.74) is 7.79. The van der Waals surface area contributed by atoms with Crippen molar-refractivity contribution < 1.29 is 19.0 Å². The van der Waals surface area contributed by atoms with E-state index in [1.807, 2.05) is 28.8 Å². The first kappa shape index (κ1) is 24.1. The predicted molar refractivity (Wildman–Crippen MR) is 130 cm³/mol. The molecule has 0 radical (unpaired) electrons. The van der Waals surface area contributed by atoms with E-state index in [0.29, 0.717) is 38.5 Å². The Bertz CT molecular complexity index is 1190. The fraction of sp³-hybridized carbons (Fsp3) is 0.391. The van der Waals surface area contributed by atoms with Gasteiger partial charge in [-0.25, -0.2) is 4.79 Å². The van der Waals surface area contributed by atoms with Gasteiger partial charge in [-0.1, -0.05) is 11.8 Å². The van der Waals surface area contributed by atoms with E-state index < -0.39 is 5.97 Å². The molecule has 3 heterocycles. The number of carbonyl (C=O) groups is 1. The maximum atomic E-state index is 12.5.